The summed E-state index contributed by atoms with van der Waals surface area (Å²) in [6, 6.07) is 14.2. The van der Waals surface area contributed by atoms with Crippen molar-refractivity contribution in [1.29, 1.82) is 0 Å². The number of nitrogens with two attached hydrogens (primary N) is 1. The highest BCUT2D eigenvalue weighted by molar-refractivity contribution is 7.92. The van der Waals surface area contributed by atoms with Crippen molar-refractivity contribution in [2.75, 3.05) is 11.4 Å². The van der Waals surface area contributed by atoms with Crippen LogP contribution in [-0.2, 0) is 36.8 Å². The smallest absolute Gasteiger partial charge is 0.434 e. The third-order valence-electron chi connectivity index (χ3n) is 6.21. The van der Waals surface area contributed by atoms with Crippen LogP contribution in [0.25, 0.3) is 10.6 Å². The minimum atomic E-state index is -4.60. The summed E-state index contributed by atoms with van der Waals surface area (Å²) in [5, 5.41) is 10.1. The van der Waals surface area contributed by atoms with Crippen LogP contribution in [0, 0.1) is 0 Å². The number of hydrogen-bond acceptors (Lipinski definition) is 10. The predicted molar refractivity (Wildman–Crippen MR) is 159 cm³/mol. The number of carboxylic acids is 1. The fourth-order valence-electron chi connectivity index (χ4n) is 4.12. The largest absolute Gasteiger partial charge is 0.480 e. The molecular formula is C29H28F3N5O6S2. The average molecular weight is 664 g/mol. The molecule has 238 valence electrons. The van der Waals surface area contributed by atoms with Crippen LogP contribution in [0.4, 0.5) is 23.8 Å². The first-order valence-corrected chi connectivity index (χ1v) is 15.5. The molecule has 4 rings (SSSR count). The second kappa shape index (κ2) is 12.5. The highest BCUT2D eigenvalue weighted by atomic mass is 32.2. The van der Waals surface area contributed by atoms with Gasteiger partial charge in [0.05, 0.1) is 5.69 Å². The van der Waals surface area contributed by atoms with Crippen molar-refractivity contribution in [1.82, 2.24) is 15.0 Å². The molecule has 16 heteroatoms. The molecule has 0 aliphatic heterocycles. The molecule has 0 aliphatic rings. The van der Waals surface area contributed by atoms with Gasteiger partial charge in [0.1, 0.15) is 23.0 Å². The average Bonchev–Trinajstić information content (AvgIpc) is 3.47. The number of sulfone groups is 1. The molecule has 3 N–H and O–H groups in total. The van der Waals surface area contributed by atoms with E-state index < -0.39 is 50.8 Å². The van der Waals surface area contributed by atoms with E-state index >= 15 is 0 Å². The van der Waals surface area contributed by atoms with Crippen LogP contribution in [0.2, 0.25) is 0 Å². The summed E-state index contributed by atoms with van der Waals surface area (Å²) >= 11 is 0.807. The number of aromatic nitrogens is 3. The second-order valence-electron chi connectivity index (χ2n) is 10.8. The normalized spacial score (nSPS) is 13.6. The van der Waals surface area contributed by atoms with Crippen molar-refractivity contribution in [2.45, 2.75) is 48.9 Å². The van der Waals surface area contributed by atoms with E-state index in [2.05, 4.69) is 15.0 Å². The number of pyridine rings is 2. The number of rotatable bonds is 9. The summed E-state index contributed by atoms with van der Waals surface area (Å²) in [7, 11) is -4.52. The first-order valence-electron chi connectivity index (χ1n) is 13.2. The van der Waals surface area contributed by atoms with E-state index in [1.165, 1.54) is 66.9 Å². The number of hydrogen-bond donors (Lipinski definition) is 2. The number of carbonyl (C=O) groups excluding carboxylic acids is 1. The summed E-state index contributed by atoms with van der Waals surface area (Å²) in [6.45, 7) is 3.93. The molecule has 1 aromatic carbocycles. The lowest BCUT2D eigenvalue weighted by atomic mass is 10.0. The van der Waals surface area contributed by atoms with Crippen LogP contribution in [0.3, 0.4) is 0 Å². The number of alkyl halides is 3. The van der Waals surface area contributed by atoms with Gasteiger partial charge in [-0.15, -0.1) is 11.3 Å². The number of halogens is 3. The maximum Gasteiger partial charge on any atom is 0.434 e. The number of thiazole rings is 1. The molecule has 3 aromatic heterocycles. The second-order valence-corrected chi connectivity index (χ2v) is 13.8. The quantitative estimate of drug-likeness (QED) is 0.241. The number of amides is 1. The molecule has 0 aliphatic carbocycles. The van der Waals surface area contributed by atoms with Gasteiger partial charge in [0.2, 0.25) is 9.84 Å². The van der Waals surface area contributed by atoms with E-state index in [1.54, 1.807) is 20.8 Å². The van der Waals surface area contributed by atoms with Crippen LogP contribution in [0.15, 0.2) is 77.3 Å². The first-order chi connectivity index (χ1) is 20.9. The first kappa shape index (κ1) is 33.5. The lowest BCUT2D eigenvalue weighted by Gasteiger charge is -2.30. The zero-order chi connectivity index (χ0) is 33.2. The van der Waals surface area contributed by atoms with Crippen molar-refractivity contribution in [2.24, 2.45) is 5.73 Å². The van der Waals surface area contributed by atoms with E-state index in [0.29, 0.717) is 11.1 Å². The SMILES string of the molecule is CC(C)(C)OC(=O)N(CC(=O)O)c1cccc(C(N)(Cc2ccc(-c3nc(C(F)(F)F)cs3)cc2)S(=O)(=O)c2ccccn2)n1. The summed E-state index contributed by atoms with van der Waals surface area (Å²) in [6.07, 6.45) is -4.75. The van der Waals surface area contributed by atoms with Gasteiger partial charge in [0.15, 0.2) is 15.6 Å². The molecule has 0 bridgehead atoms. The zero-order valence-corrected chi connectivity index (χ0v) is 25.8. The molecule has 4 aromatic rings. The Kier molecular flexibility index (Phi) is 9.32. The van der Waals surface area contributed by atoms with Crippen LogP contribution in [0.1, 0.15) is 37.7 Å². The highest BCUT2D eigenvalue weighted by Gasteiger charge is 2.46. The van der Waals surface area contributed by atoms with Crippen LogP contribution >= 0.6 is 11.3 Å². The standard InChI is InChI=1S/C29H28F3N5O6S2/c1-27(2,3)43-26(40)37(16-24(38)39)22-8-6-7-20(35-22)28(33,45(41,42)23-9-4-5-14-34-23)15-18-10-12-19(13-11-18)25-36-21(17-44-25)29(30,31)32/h4-14,17H,15-16,33H2,1-3H3,(H,38,39). The number of aliphatic carboxylic acids is 1. The number of carbonyl (C=O) groups is 2. The van der Waals surface area contributed by atoms with E-state index in [1.807, 2.05) is 0 Å². The Bertz CT molecular complexity index is 1790. The molecule has 1 atom stereocenters. The summed E-state index contributed by atoms with van der Waals surface area (Å²) in [5.74, 6) is -1.61. The van der Waals surface area contributed by atoms with Gasteiger partial charge in [-0.1, -0.05) is 36.4 Å². The van der Waals surface area contributed by atoms with Crippen LogP contribution < -0.4 is 10.6 Å². The van der Waals surface area contributed by atoms with Crippen LogP contribution in [0.5, 0.6) is 0 Å². The molecule has 1 amide bonds. The third-order valence-corrected chi connectivity index (χ3v) is 9.20. The van der Waals surface area contributed by atoms with Gasteiger partial charge in [0, 0.05) is 23.6 Å². The van der Waals surface area contributed by atoms with Crippen LogP contribution in [-0.4, -0.2) is 52.7 Å². The van der Waals surface area contributed by atoms with Gasteiger partial charge in [-0.05, 0) is 50.6 Å². The van der Waals surface area contributed by atoms with Gasteiger partial charge >= 0.3 is 18.2 Å². The molecule has 0 fully saturated rings. The number of benzene rings is 1. The van der Waals surface area contributed by atoms with Gasteiger partial charge in [0.25, 0.3) is 0 Å². The van der Waals surface area contributed by atoms with Crippen molar-refractivity contribution in [3.8, 4) is 10.6 Å². The Balaban J connectivity index is 1.79. The van der Waals surface area contributed by atoms with Crippen molar-refractivity contribution < 1.29 is 41.0 Å². The highest BCUT2D eigenvalue weighted by Crippen LogP contribution is 2.36. The maximum absolute atomic E-state index is 14.1. The molecule has 3 heterocycles. The molecule has 0 saturated carbocycles. The Morgan fingerprint density at radius 1 is 0.978 bits per heavy atom. The van der Waals surface area contributed by atoms with Gasteiger partial charge < -0.3 is 15.6 Å². The number of ether oxygens (including phenoxy) is 1. The van der Waals surface area contributed by atoms with E-state index in [4.69, 9.17) is 10.5 Å². The lowest BCUT2D eigenvalue weighted by molar-refractivity contribution is -0.140. The Morgan fingerprint density at radius 2 is 1.67 bits per heavy atom. The van der Waals surface area contributed by atoms with Crippen molar-refractivity contribution >= 4 is 39.1 Å². The maximum atomic E-state index is 14.1. The van der Waals surface area contributed by atoms with Gasteiger partial charge in [-0.2, -0.15) is 13.2 Å². The third kappa shape index (κ3) is 7.64. The fourth-order valence-corrected chi connectivity index (χ4v) is 6.53. The molecule has 0 saturated heterocycles. The lowest BCUT2D eigenvalue weighted by Crippen LogP contribution is -2.48. The topological polar surface area (TPSA) is 166 Å². The van der Waals surface area contributed by atoms with Crippen molar-refractivity contribution in [3.63, 3.8) is 0 Å². The minimum absolute atomic E-state index is 0.115. The Labute approximate surface area is 260 Å². The predicted octanol–water partition coefficient (Wildman–Crippen LogP) is 5.27. The molecule has 45 heavy (non-hydrogen) atoms. The molecule has 0 spiro atoms. The molecule has 11 nitrogen and oxygen atoms in total. The Morgan fingerprint density at radius 3 is 2.22 bits per heavy atom. The number of nitrogens with zero attached hydrogens (tertiary/aromatic N) is 4. The number of anilines is 1. The summed E-state index contributed by atoms with van der Waals surface area (Å²) < 4.78 is 72.6. The zero-order valence-electron chi connectivity index (χ0n) is 24.1. The molecule has 1 unspecified atom stereocenters. The van der Waals surface area contributed by atoms with Gasteiger partial charge in [-0.25, -0.2) is 28.2 Å². The fraction of sp³-hybridized carbons (Fsp3) is 0.276. The summed E-state index contributed by atoms with van der Waals surface area (Å²) in [5.41, 5.74) is 5.24. The molecule has 0 radical (unpaired) electrons. The minimum Gasteiger partial charge on any atom is -0.480 e. The molecular weight excluding hydrogens is 635 g/mol. The monoisotopic (exact) mass is 663 g/mol. The Hall–Kier alpha value is -4.41. The van der Waals surface area contributed by atoms with E-state index in [-0.39, 0.29) is 28.0 Å². The number of carboxylic acid groups (broad SMARTS) is 1. The van der Waals surface area contributed by atoms with E-state index in [0.717, 1.165) is 21.6 Å². The van der Waals surface area contributed by atoms with Crippen molar-refractivity contribution in [3.05, 3.63) is 89.2 Å². The van der Waals surface area contributed by atoms with E-state index in [9.17, 15) is 36.3 Å². The summed E-state index contributed by atoms with van der Waals surface area (Å²) in [4.78, 5) is 35.0. The van der Waals surface area contributed by atoms with Gasteiger partial charge in [-0.3, -0.25) is 9.69 Å².